The van der Waals surface area contributed by atoms with Crippen LogP contribution in [0.4, 0.5) is 4.39 Å². The summed E-state index contributed by atoms with van der Waals surface area (Å²) >= 11 is 11.5. The maximum atomic E-state index is 13.3. The molecule has 1 N–H and O–H groups in total. The average Bonchev–Trinajstić information content (AvgIpc) is 2.13. The van der Waals surface area contributed by atoms with E-state index in [4.69, 9.17) is 23.2 Å². The first kappa shape index (κ1) is 11.5. The molecular formula is C10H9Cl2FO. The third-order valence-corrected chi connectivity index (χ3v) is 2.57. The van der Waals surface area contributed by atoms with Gasteiger partial charge in [-0.1, -0.05) is 35.4 Å². The Balaban J connectivity index is 3.24. The van der Waals surface area contributed by atoms with E-state index >= 15 is 0 Å². The van der Waals surface area contributed by atoms with Gasteiger partial charge < -0.3 is 5.11 Å². The maximum Gasteiger partial charge on any atom is 0.130 e. The van der Waals surface area contributed by atoms with Crippen LogP contribution in [0.5, 0.6) is 0 Å². The Morgan fingerprint density at radius 3 is 2.64 bits per heavy atom. The highest BCUT2D eigenvalue weighted by atomic mass is 35.5. The van der Waals surface area contributed by atoms with Crippen LogP contribution in [-0.4, -0.2) is 5.11 Å². The SMILES string of the molecule is C/C=C/C(O)c1c(F)ccc(Cl)c1Cl. The lowest BCUT2D eigenvalue weighted by atomic mass is 10.1. The fourth-order valence-corrected chi connectivity index (χ4v) is 1.52. The minimum Gasteiger partial charge on any atom is -0.384 e. The molecule has 0 aromatic heterocycles. The zero-order chi connectivity index (χ0) is 10.7. The molecule has 0 saturated heterocycles. The third-order valence-electron chi connectivity index (χ3n) is 1.75. The fourth-order valence-electron chi connectivity index (χ4n) is 1.09. The van der Waals surface area contributed by atoms with Crippen molar-refractivity contribution >= 4 is 23.2 Å². The number of rotatable bonds is 2. The summed E-state index contributed by atoms with van der Waals surface area (Å²) in [6.45, 7) is 1.72. The van der Waals surface area contributed by atoms with Gasteiger partial charge in [-0.25, -0.2) is 4.39 Å². The van der Waals surface area contributed by atoms with Crippen LogP contribution in [0, 0.1) is 5.82 Å². The first-order chi connectivity index (χ1) is 6.57. The van der Waals surface area contributed by atoms with Crippen molar-refractivity contribution in [3.05, 3.63) is 45.7 Å². The molecule has 0 saturated carbocycles. The van der Waals surface area contributed by atoms with Gasteiger partial charge in [0.15, 0.2) is 0 Å². The second-order valence-corrected chi connectivity index (χ2v) is 3.51. The van der Waals surface area contributed by atoms with Crippen LogP contribution >= 0.6 is 23.2 Å². The van der Waals surface area contributed by atoms with Crippen LogP contribution in [0.25, 0.3) is 0 Å². The largest absolute Gasteiger partial charge is 0.384 e. The van der Waals surface area contributed by atoms with Gasteiger partial charge in [-0.15, -0.1) is 0 Å². The predicted molar refractivity (Wildman–Crippen MR) is 56.2 cm³/mol. The van der Waals surface area contributed by atoms with Gasteiger partial charge in [-0.2, -0.15) is 0 Å². The first-order valence-corrected chi connectivity index (χ1v) is 4.77. The molecule has 0 amide bonds. The summed E-state index contributed by atoms with van der Waals surface area (Å²) in [6, 6.07) is 2.53. The topological polar surface area (TPSA) is 20.2 Å². The van der Waals surface area contributed by atoms with Gasteiger partial charge in [0.2, 0.25) is 0 Å². The van der Waals surface area contributed by atoms with Crippen LogP contribution < -0.4 is 0 Å². The van der Waals surface area contributed by atoms with E-state index in [1.165, 1.54) is 18.2 Å². The summed E-state index contributed by atoms with van der Waals surface area (Å²) in [4.78, 5) is 0. The molecule has 0 bridgehead atoms. The van der Waals surface area contributed by atoms with E-state index < -0.39 is 11.9 Å². The normalized spacial score (nSPS) is 13.5. The van der Waals surface area contributed by atoms with Gasteiger partial charge >= 0.3 is 0 Å². The van der Waals surface area contributed by atoms with Crippen LogP contribution in [0.3, 0.4) is 0 Å². The molecule has 0 aliphatic carbocycles. The van der Waals surface area contributed by atoms with Gasteiger partial charge in [-0.05, 0) is 19.1 Å². The average molecular weight is 235 g/mol. The van der Waals surface area contributed by atoms with Crippen molar-refractivity contribution in [2.75, 3.05) is 0 Å². The lowest BCUT2D eigenvalue weighted by Crippen LogP contribution is -1.98. The number of aliphatic hydroxyl groups is 1. The Kier molecular flexibility index (Phi) is 3.93. The van der Waals surface area contributed by atoms with E-state index in [0.29, 0.717) is 0 Å². The maximum absolute atomic E-state index is 13.3. The minimum absolute atomic E-state index is 0.0114. The molecule has 0 fully saturated rings. The summed E-state index contributed by atoms with van der Waals surface area (Å²) in [7, 11) is 0. The molecule has 0 spiro atoms. The Morgan fingerprint density at radius 2 is 2.07 bits per heavy atom. The highest BCUT2D eigenvalue weighted by molar-refractivity contribution is 6.42. The summed E-state index contributed by atoms with van der Waals surface area (Å²) in [5.41, 5.74) is 0.0114. The van der Waals surface area contributed by atoms with Crippen molar-refractivity contribution in [2.45, 2.75) is 13.0 Å². The molecule has 1 unspecified atom stereocenters. The summed E-state index contributed by atoms with van der Waals surface area (Å²) in [5.74, 6) is -0.565. The quantitative estimate of drug-likeness (QED) is 0.611. The molecule has 0 aliphatic heterocycles. The van der Waals surface area contributed by atoms with Crippen LogP contribution in [0.15, 0.2) is 24.3 Å². The van der Waals surface area contributed by atoms with Crippen molar-refractivity contribution in [1.29, 1.82) is 0 Å². The third kappa shape index (κ3) is 2.27. The standard InChI is InChI=1S/C10H9Cl2FO/c1-2-3-8(14)9-7(13)5-4-6(11)10(9)12/h2-5,8,14H,1H3/b3-2+. The van der Waals surface area contributed by atoms with Crippen molar-refractivity contribution in [3.8, 4) is 0 Å². The van der Waals surface area contributed by atoms with Gasteiger partial charge in [0, 0.05) is 5.56 Å². The van der Waals surface area contributed by atoms with E-state index in [1.54, 1.807) is 13.0 Å². The number of aliphatic hydroxyl groups excluding tert-OH is 1. The van der Waals surface area contributed by atoms with Gasteiger partial charge in [0.05, 0.1) is 10.0 Å². The Morgan fingerprint density at radius 1 is 1.43 bits per heavy atom. The molecule has 1 nitrogen and oxygen atoms in total. The van der Waals surface area contributed by atoms with Gasteiger partial charge in [0.1, 0.15) is 11.9 Å². The Labute approximate surface area is 91.8 Å². The molecule has 0 heterocycles. The van der Waals surface area contributed by atoms with Crippen LogP contribution in [-0.2, 0) is 0 Å². The lowest BCUT2D eigenvalue weighted by Gasteiger charge is -2.10. The number of allylic oxidation sites excluding steroid dienone is 1. The smallest absolute Gasteiger partial charge is 0.130 e. The van der Waals surface area contributed by atoms with Crippen LogP contribution in [0.1, 0.15) is 18.6 Å². The number of benzene rings is 1. The molecule has 76 valence electrons. The van der Waals surface area contributed by atoms with Crippen molar-refractivity contribution in [3.63, 3.8) is 0 Å². The Bertz CT molecular complexity index is 363. The zero-order valence-electron chi connectivity index (χ0n) is 7.47. The molecule has 1 aromatic carbocycles. The summed E-state index contributed by atoms with van der Waals surface area (Å²) in [6.07, 6.45) is 1.98. The number of hydrogen-bond donors (Lipinski definition) is 1. The molecule has 4 heteroatoms. The van der Waals surface area contributed by atoms with Crippen LogP contribution in [0.2, 0.25) is 10.0 Å². The second-order valence-electron chi connectivity index (χ2n) is 2.73. The minimum atomic E-state index is -1.06. The van der Waals surface area contributed by atoms with Gasteiger partial charge in [-0.3, -0.25) is 0 Å². The van der Waals surface area contributed by atoms with Crippen molar-refractivity contribution in [1.82, 2.24) is 0 Å². The number of hydrogen-bond acceptors (Lipinski definition) is 1. The van der Waals surface area contributed by atoms with E-state index in [0.717, 1.165) is 0 Å². The van der Waals surface area contributed by atoms with Crippen molar-refractivity contribution < 1.29 is 9.50 Å². The first-order valence-electron chi connectivity index (χ1n) is 4.02. The lowest BCUT2D eigenvalue weighted by molar-refractivity contribution is 0.223. The highest BCUT2D eigenvalue weighted by Crippen LogP contribution is 2.32. The highest BCUT2D eigenvalue weighted by Gasteiger charge is 2.16. The molecule has 14 heavy (non-hydrogen) atoms. The predicted octanol–water partition coefficient (Wildman–Crippen LogP) is 3.74. The number of halogens is 3. The zero-order valence-corrected chi connectivity index (χ0v) is 8.98. The van der Waals surface area contributed by atoms with E-state index in [9.17, 15) is 9.50 Å². The van der Waals surface area contributed by atoms with E-state index in [2.05, 4.69) is 0 Å². The molecule has 1 rings (SSSR count). The molecule has 0 radical (unpaired) electrons. The Hall–Kier alpha value is -0.570. The van der Waals surface area contributed by atoms with E-state index in [-0.39, 0.29) is 15.6 Å². The van der Waals surface area contributed by atoms with Gasteiger partial charge in [0.25, 0.3) is 0 Å². The summed E-state index contributed by atoms with van der Waals surface area (Å²) < 4.78 is 13.3. The monoisotopic (exact) mass is 234 g/mol. The molecular weight excluding hydrogens is 226 g/mol. The molecule has 0 aliphatic rings. The summed E-state index contributed by atoms with van der Waals surface area (Å²) in [5, 5.41) is 9.82. The fraction of sp³-hybridized carbons (Fsp3) is 0.200. The molecule has 1 aromatic rings. The second kappa shape index (κ2) is 4.78. The van der Waals surface area contributed by atoms with E-state index in [1.807, 2.05) is 0 Å². The molecule has 1 atom stereocenters. The van der Waals surface area contributed by atoms with Crippen molar-refractivity contribution in [2.24, 2.45) is 0 Å².